The lowest BCUT2D eigenvalue weighted by atomic mass is 9.85. The summed E-state index contributed by atoms with van der Waals surface area (Å²) in [4.78, 5) is 12.1. The maximum absolute atomic E-state index is 12.1. The van der Waals surface area contributed by atoms with Gasteiger partial charge in [-0.2, -0.15) is 0 Å². The molecule has 21 heavy (non-hydrogen) atoms. The minimum atomic E-state index is -0.383. The topological polar surface area (TPSA) is 35.5 Å². The molecule has 0 aliphatic heterocycles. The molecule has 0 aliphatic rings. The number of rotatable bonds is 8. The van der Waals surface area contributed by atoms with Gasteiger partial charge in [0.25, 0.3) is 0 Å². The highest BCUT2D eigenvalue weighted by Gasteiger charge is 2.34. The highest BCUT2D eigenvalue weighted by molar-refractivity contribution is 5.71. The molecule has 0 heterocycles. The molecule has 0 unspecified atom stereocenters. The van der Waals surface area contributed by atoms with Gasteiger partial charge in [0.15, 0.2) is 6.61 Å². The Balaban J connectivity index is 2.60. The lowest BCUT2D eigenvalue weighted by Gasteiger charge is -2.35. The number of hydrogen-bond donors (Lipinski definition) is 0. The van der Waals surface area contributed by atoms with E-state index in [9.17, 15) is 4.79 Å². The molecule has 0 atom stereocenters. The molecule has 1 aromatic rings. The van der Waals surface area contributed by atoms with E-state index in [4.69, 9.17) is 9.47 Å². The van der Waals surface area contributed by atoms with Crippen LogP contribution in [0.2, 0.25) is 0 Å². The summed E-state index contributed by atoms with van der Waals surface area (Å²) in [5.74, 6) is 0.712. The maximum Gasteiger partial charge on any atom is 0.344 e. The predicted octanol–water partition coefficient (Wildman–Crippen LogP) is 4.39. The van der Waals surface area contributed by atoms with Gasteiger partial charge in [0.1, 0.15) is 11.4 Å². The lowest BCUT2D eigenvalue weighted by Crippen LogP contribution is -2.40. The number of carbonyl (C=O) groups excluding carboxylic acids is 1. The van der Waals surface area contributed by atoms with Crippen molar-refractivity contribution < 1.29 is 14.3 Å². The van der Waals surface area contributed by atoms with E-state index in [-0.39, 0.29) is 18.2 Å². The fraction of sp³-hybridized carbons (Fsp3) is 0.611. The van der Waals surface area contributed by atoms with E-state index < -0.39 is 0 Å². The number of aryl methyl sites for hydroxylation is 1. The highest BCUT2D eigenvalue weighted by Crippen LogP contribution is 2.29. The Bertz CT molecular complexity index is 448. The number of ether oxygens (including phenoxy) is 2. The molecule has 118 valence electrons. The van der Waals surface area contributed by atoms with Crippen molar-refractivity contribution in [3.8, 4) is 5.75 Å². The van der Waals surface area contributed by atoms with Crippen molar-refractivity contribution in [3.05, 3.63) is 29.8 Å². The number of esters is 1. The zero-order chi connectivity index (χ0) is 15.9. The van der Waals surface area contributed by atoms with Gasteiger partial charge in [-0.3, -0.25) is 0 Å². The van der Waals surface area contributed by atoms with Crippen molar-refractivity contribution in [2.75, 3.05) is 6.61 Å². The van der Waals surface area contributed by atoms with Crippen LogP contribution in [0.4, 0.5) is 0 Å². The van der Waals surface area contributed by atoms with Crippen LogP contribution in [-0.2, 0) is 16.0 Å². The predicted molar refractivity (Wildman–Crippen MR) is 85.6 cm³/mol. The molecule has 0 radical (unpaired) electrons. The molecule has 0 N–H and O–H groups in total. The first kappa shape index (κ1) is 17.5. The van der Waals surface area contributed by atoms with Crippen LogP contribution in [0, 0.1) is 5.92 Å². The summed E-state index contributed by atoms with van der Waals surface area (Å²) in [6.45, 7) is 10.3. The summed E-state index contributed by atoms with van der Waals surface area (Å²) in [5.41, 5.74) is 0.811. The summed E-state index contributed by atoms with van der Waals surface area (Å²) in [5, 5.41) is 0. The van der Waals surface area contributed by atoms with Gasteiger partial charge in [-0.15, -0.1) is 0 Å². The molecule has 1 rings (SSSR count). The number of carbonyl (C=O) groups is 1. The van der Waals surface area contributed by atoms with Crippen LogP contribution in [0.1, 0.15) is 53.0 Å². The minimum absolute atomic E-state index is 0.0400. The van der Waals surface area contributed by atoms with Crippen LogP contribution in [-0.4, -0.2) is 18.2 Å². The quantitative estimate of drug-likeness (QED) is 0.667. The normalized spacial score (nSPS) is 11.5. The van der Waals surface area contributed by atoms with Gasteiger partial charge in [-0.1, -0.05) is 46.8 Å². The third-order valence-electron chi connectivity index (χ3n) is 4.23. The summed E-state index contributed by atoms with van der Waals surface area (Å²) in [6.07, 6.45) is 2.58. The molecule has 0 aliphatic carbocycles. The van der Waals surface area contributed by atoms with Crippen molar-refractivity contribution in [2.24, 2.45) is 5.92 Å². The molecule has 0 amide bonds. The number of benzene rings is 1. The van der Waals surface area contributed by atoms with Crippen LogP contribution in [0.3, 0.4) is 0 Å². The van der Waals surface area contributed by atoms with Crippen molar-refractivity contribution in [1.29, 1.82) is 0 Å². The van der Waals surface area contributed by atoms with Gasteiger partial charge < -0.3 is 9.47 Å². The zero-order valence-electron chi connectivity index (χ0n) is 13.9. The summed E-state index contributed by atoms with van der Waals surface area (Å²) in [7, 11) is 0. The Morgan fingerprint density at radius 2 is 1.86 bits per heavy atom. The Morgan fingerprint density at radius 3 is 2.38 bits per heavy atom. The average Bonchev–Trinajstić information content (AvgIpc) is 2.50. The second kappa shape index (κ2) is 8.06. The van der Waals surface area contributed by atoms with Crippen LogP contribution < -0.4 is 4.74 Å². The monoisotopic (exact) mass is 292 g/mol. The standard InChI is InChI=1S/C18H28O3/c1-6-15-10-9-11-16(12-15)20-13-17(19)21-18(7-2,8-3)14(4)5/h9-12,14H,6-8,13H2,1-5H3. The van der Waals surface area contributed by atoms with E-state index in [1.54, 1.807) is 0 Å². The fourth-order valence-electron chi connectivity index (χ4n) is 2.58. The van der Waals surface area contributed by atoms with Crippen LogP contribution in [0.25, 0.3) is 0 Å². The molecular formula is C18H28O3. The smallest absolute Gasteiger partial charge is 0.344 e. The van der Waals surface area contributed by atoms with Crippen molar-refractivity contribution in [3.63, 3.8) is 0 Å². The van der Waals surface area contributed by atoms with E-state index in [0.717, 1.165) is 25.0 Å². The van der Waals surface area contributed by atoms with Crippen molar-refractivity contribution >= 4 is 5.97 Å². The second-order valence-electron chi connectivity index (χ2n) is 5.69. The Labute approximate surface area is 128 Å². The summed E-state index contributed by atoms with van der Waals surface area (Å²) in [6, 6.07) is 7.81. The maximum atomic E-state index is 12.1. The minimum Gasteiger partial charge on any atom is -0.482 e. The zero-order valence-corrected chi connectivity index (χ0v) is 13.9. The average molecular weight is 292 g/mol. The Kier molecular flexibility index (Phi) is 6.73. The lowest BCUT2D eigenvalue weighted by molar-refractivity contribution is -0.168. The second-order valence-corrected chi connectivity index (χ2v) is 5.69. The Hall–Kier alpha value is -1.51. The van der Waals surface area contributed by atoms with E-state index in [1.807, 2.05) is 24.3 Å². The van der Waals surface area contributed by atoms with E-state index >= 15 is 0 Å². The number of hydrogen-bond acceptors (Lipinski definition) is 3. The largest absolute Gasteiger partial charge is 0.482 e. The van der Waals surface area contributed by atoms with E-state index in [2.05, 4.69) is 34.6 Å². The first-order valence-corrected chi connectivity index (χ1v) is 7.91. The molecule has 3 heteroatoms. The van der Waals surface area contributed by atoms with Crippen molar-refractivity contribution in [1.82, 2.24) is 0 Å². The van der Waals surface area contributed by atoms with E-state index in [1.165, 1.54) is 5.56 Å². The molecule has 3 nitrogen and oxygen atoms in total. The molecule has 1 aromatic carbocycles. The fourth-order valence-corrected chi connectivity index (χ4v) is 2.58. The SMILES string of the molecule is CCc1cccc(OCC(=O)OC(CC)(CC)C(C)C)c1. The molecule has 0 fully saturated rings. The third kappa shape index (κ3) is 4.76. The first-order valence-electron chi connectivity index (χ1n) is 7.91. The summed E-state index contributed by atoms with van der Waals surface area (Å²) >= 11 is 0. The van der Waals surface area contributed by atoms with Crippen molar-refractivity contribution in [2.45, 2.75) is 59.5 Å². The molecule has 0 bridgehead atoms. The summed E-state index contributed by atoms with van der Waals surface area (Å²) < 4.78 is 11.3. The van der Waals surface area contributed by atoms with Gasteiger partial charge in [0.2, 0.25) is 0 Å². The van der Waals surface area contributed by atoms with Gasteiger partial charge in [-0.05, 0) is 42.9 Å². The molecular weight excluding hydrogens is 264 g/mol. The first-order chi connectivity index (χ1) is 9.97. The van der Waals surface area contributed by atoms with Gasteiger partial charge in [0.05, 0.1) is 0 Å². The van der Waals surface area contributed by atoms with Crippen LogP contribution >= 0.6 is 0 Å². The van der Waals surface area contributed by atoms with Crippen LogP contribution in [0.15, 0.2) is 24.3 Å². The molecule has 0 saturated carbocycles. The Morgan fingerprint density at radius 1 is 1.19 bits per heavy atom. The third-order valence-corrected chi connectivity index (χ3v) is 4.23. The van der Waals surface area contributed by atoms with E-state index in [0.29, 0.717) is 5.92 Å². The van der Waals surface area contributed by atoms with Gasteiger partial charge in [-0.25, -0.2) is 4.79 Å². The van der Waals surface area contributed by atoms with Gasteiger partial charge in [0, 0.05) is 0 Å². The molecule has 0 aromatic heterocycles. The molecule has 0 saturated heterocycles. The van der Waals surface area contributed by atoms with Gasteiger partial charge >= 0.3 is 5.97 Å². The van der Waals surface area contributed by atoms with Crippen LogP contribution in [0.5, 0.6) is 5.75 Å². The highest BCUT2D eigenvalue weighted by atomic mass is 16.6. The molecule has 0 spiro atoms.